The van der Waals surface area contributed by atoms with E-state index in [-0.39, 0.29) is 25.5 Å². The lowest BCUT2D eigenvalue weighted by atomic mass is 9.99. The number of carbonyl (C=O) groups is 4. The molecule has 42 heavy (non-hydrogen) atoms. The first-order chi connectivity index (χ1) is 20.2. The molecule has 3 rings (SSSR count). The zero-order chi connectivity index (χ0) is 30.3. The molecule has 0 aliphatic carbocycles. The van der Waals surface area contributed by atoms with Crippen molar-refractivity contribution in [2.45, 2.75) is 51.8 Å². The van der Waals surface area contributed by atoms with Crippen molar-refractivity contribution in [3.63, 3.8) is 0 Å². The van der Waals surface area contributed by atoms with Crippen LogP contribution in [0.25, 0.3) is 0 Å². The van der Waals surface area contributed by atoms with Crippen LogP contribution in [0, 0.1) is 5.92 Å². The van der Waals surface area contributed by atoms with Crippen LogP contribution in [0.3, 0.4) is 0 Å². The van der Waals surface area contributed by atoms with Gasteiger partial charge < -0.3 is 25.4 Å². The minimum absolute atomic E-state index is 0.0416. The lowest BCUT2D eigenvalue weighted by Gasteiger charge is -2.24. The van der Waals surface area contributed by atoms with E-state index in [4.69, 9.17) is 9.47 Å². The van der Waals surface area contributed by atoms with Crippen molar-refractivity contribution in [2.24, 2.45) is 5.92 Å². The van der Waals surface area contributed by atoms with Crippen molar-refractivity contribution in [3.8, 4) is 5.75 Å². The van der Waals surface area contributed by atoms with Crippen LogP contribution < -0.4 is 20.7 Å². The van der Waals surface area contributed by atoms with E-state index in [9.17, 15) is 19.2 Å². The number of amides is 3. The van der Waals surface area contributed by atoms with Gasteiger partial charge in [-0.1, -0.05) is 62.4 Å². The molecule has 10 heteroatoms. The van der Waals surface area contributed by atoms with Crippen molar-refractivity contribution < 1.29 is 28.7 Å². The second-order valence-corrected chi connectivity index (χ2v) is 10.2. The molecule has 0 spiro atoms. The highest BCUT2D eigenvalue weighted by Crippen LogP contribution is 2.14. The number of alkyl carbamates (subject to hydrolysis) is 1. The summed E-state index contributed by atoms with van der Waals surface area (Å²) in [6.45, 7) is 4.06. The van der Waals surface area contributed by atoms with Gasteiger partial charge in [0, 0.05) is 31.3 Å². The normalized spacial score (nSPS) is 12.1. The van der Waals surface area contributed by atoms with Crippen LogP contribution in [0.15, 0.2) is 79.0 Å². The van der Waals surface area contributed by atoms with Crippen molar-refractivity contribution in [2.75, 3.05) is 13.7 Å². The van der Waals surface area contributed by atoms with Gasteiger partial charge in [-0.15, -0.1) is 0 Å². The fourth-order valence-electron chi connectivity index (χ4n) is 4.18. The van der Waals surface area contributed by atoms with Crippen molar-refractivity contribution in [1.82, 2.24) is 20.9 Å². The Labute approximate surface area is 246 Å². The van der Waals surface area contributed by atoms with Crippen LogP contribution in [0.4, 0.5) is 4.79 Å². The third-order valence-corrected chi connectivity index (χ3v) is 6.38. The van der Waals surface area contributed by atoms with Gasteiger partial charge in [-0.05, 0) is 47.7 Å². The fraction of sp³-hybridized carbons (Fsp3) is 0.344. The summed E-state index contributed by atoms with van der Waals surface area (Å²) >= 11 is 0. The number of ether oxygens (including phenoxy) is 2. The summed E-state index contributed by atoms with van der Waals surface area (Å²) in [5.41, 5.74) is 2.29. The Balaban J connectivity index is 1.69. The topological polar surface area (TPSA) is 136 Å². The molecule has 3 aromatic rings. The largest absolute Gasteiger partial charge is 0.497 e. The van der Waals surface area contributed by atoms with Gasteiger partial charge in [0.1, 0.15) is 24.4 Å². The Hall–Kier alpha value is -4.73. The second kappa shape index (κ2) is 16.5. The number of Topliss-reactive ketones (excluding diaryl/α,β-unsaturated/α-hetero) is 1. The minimum atomic E-state index is -1.17. The summed E-state index contributed by atoms with van der Waals surface area (Å²) in [6.07, 6.45) is 1.70. The molecule has 0 saturated heterocycles. The number of methoxy groups -OCH3 is 1. The van der Waals surface area contributed by atoms with E-state index in [0.29, 0.717) is 24.2 Å². The van der Waals surface area contributed by atoms with Crippen molar-refractivity contribution in [3.05, 3.63) is 95.8 Å². The summed E-state index contributed by atoms with van der Waals surface area (Å²) in [5.74, 6) is -1.53. The van der Waals surface area contributed by atoms with E-state index < -0.39 is 35.8 Å². The zero-order valence-electron chi connectivity index (χ0n) is 24.2. The first-order valence-corrected chi connectivity index (χ1v) is 13.9. The lowest BCUT2D eigenvalue weighted by Crippen LogP contribution is -2.55. The van der Waals surface area contributed by atoms with Crippen LogP contribution in [-0.4, -0.2) is 54.4 Å². The average molecular weight is 575 g/mol. The highest BCUT2D eigenvalue weighted by Gasteiger charge is 2.31. The van der Waals surface area contributed by atoms with Gasteiger partial charge in [0.15, 0.2) is 0 Å². The number of hydrogen-bond acceptors (Lipinski definition) is 7. The zero-order valence-corrected chi connectivity index (χ0v) is 24.2. The Morgan fingerprint density at radius 2 is 1.55 bits per heavy atom. The molecular formula is C32H38N4O6. The maximum atomic E-state index is 13.4. The summed E-state index contributed by atoms with van der Waals surface area (Å²) in [5, 5.41) is 7.94. The molecule has 10 nitrogen and oxygen atoms in total. The van der Waals surface area contributed by atoms with E-state index in [1.165, 1.54) is 0 Å². The molecule has 3 N–H and O–H groups in total. The highest BCUT2D eigenvalue weighted by molar-refractivity contribution is 6.38. The fourth-order valence-corrected chi connectivity index (χ4v) is 4.18. The third-order valence-electron chi connectivity index (χ3n) is 6.38. The predicted octanol–water partition coefficient (Wildman–Crippen LogP) is 3.39. The van der Waals surface area contributed by atoms with Crippen LogP contribution in [0.1, 0.15) is 37.1 Å². The van der Waals surface area contributed by atoms with Crippen LogP contribution in [0.5, 0.6) is 5.75 Å². The molecule has 0 bridgehead atoms. The number of aromatic nitrogens is 1. The van der Waals surface area contributed by atoms with E-state index in [2.05, 4.69) is 20.9 Å². The number of ketones is 1. The Kier molecular flexibility index (Phi) is 12.5. The van der Waals surface area contributed by atoms with Gasteiger partial charge in [-0.25, -0.2) is 4.79 Å². The number of rotatable bonds is 15. The smallest absolute Gasteiger partial charge is 0.408 e. The second-order valence-electron chi connectivity index (χ2n) is 10.2. The van der Waals surface area contributed by atoms with E-state index in [0.717, 1.165) is 11.3 Å². The maximum absolute atomic E-state index is 13.4. The monoisotopic (exact) mass is 574 g/mol. The van der Waals surface area contributed by atoms with Gasteiger partial charge in [0.2, 0.25) is 11.7 Å². The van der Waals surface area contributed by atoms with Gasteiger partial charge in [-0.3, -0.25) is 19.4 Å². The third kappa shape index (κ3) is 10.7. The number of nitrogens with zero attached hydrogens (tertiary/aromatic N) is 1. The van der Waals surface area contributed by atoms with E-state index in [1.54, 1.807) is 43.6 Å². The number of nitrogens with one attached hydrogen (secondary N) is 3. The van der Waals surface area contributed by atoms with Crippen molar-refractivity contribution in [1.29, 1.82) is 0 Å². The number of benzene rings is 2. The predicted molar refractivity (Wildman–Crippen MR) is 158 cm³/mol. The molecular weight excluding hydrogens is 536 g/mol. The molecule has 3 amide bonds. The Morgan fingerprint density at radius 1 is 0.833 bits per heavy atom. The molecule has 2 atom stereocenters. The molecule has 0 fully saturated rings. The standard InChI is InChI=1S/C32H38N4O6/c1-22(2)19-28(36-32(40)42-21-24-9-5-4-6-10-24)30(38)35-27(20-23-12-14-26(41-3)15-13-23)29(37)31(39)34-18-16-25-11-7-8-17-33-25/h4-15,17,22,27-28H,16,18-21H2,1-3H3,(H,34,39)(H,35,38)(H,36,40). The summed E-state index contributed by atoms with van der Waals surface area (Å²) in [7, 11) is 1.55. The molecule has 0 radical (unpaired) electrons. The first-order valence-electron chi connectivity index (χ1n) is 13.9. The van der Waals surface area contributed by atoms with Gasteiger partial charge >= 0.3 is 6.09 Å². The molecule has 2 aromatic carbocycles. The van der Waals surface area contributed by atoms with Crippen molar-refractivity contribution >= 4 is 23.7 Å². The summed E-state index contributed by atoms with van der Waals surface area (Å²) in [4.78, 5) is 56.3. The lowest BCUT2D eigenvalue weighted by molar-refractivity contribution is -0.140. The van der Waals surface area contributed by atoms with E-state index >= 15 is 0 Å². The quantitative estimate of drug-likeness (QED) is 0.237. The van der Waals surface area contributed by atoms with Gasteiger partial charge in [-0.2, -0.15) is 0 Å². The van der Waals surface area contributed by atoms with Crippen LogP contribution in [0.2, 0.25) is 0 Å². The average Bonchev–Trinajstić information content (AvgIpc) is 3.00. The summed E-state index contributed by atoms with van der Waals surface area (Å²) in [6, 6.07) is 19.5. The number of pyridine rings is 1. The maximum Gasteiger partial charge on any atom is 0.408 e. The Bertz CT molecular complexity index is 1300. The SMILES string of the molecule is COc1ccc(CC(NC(=O)C(CC(C)C)NC(=O)OCc2ccccc2)C(=O)C(=O)NCCc2ccccn2)cc1. The molecule has 0 aliphatic heterocycles. The molecule has 0 aliphatic rings. The number of carbonyl (C=O) groups excluding carboxylic acids is 4. The van der Waals surface area contributed by atoms with Gasteiger partial charge in [0.25, 0.3) is 5.91 Å². The van der Waals surface area contributed by atoms with Gasteiger partial charge in [0.05, 0.1) is 7.11 Å². The minimum Gasteiger partial charge on any atom is -0.497 e. The van der Waals surface area contributed by atoms with Crippen LogP contribution >= 0.6 is 0 Å². The van der Waals surface area contributed by atoms with E-state index in [1.807, 2.05) is 56.3 Å². The van der Waals surface area contributed by atoms with Crippen LogP contribution in [-0.2, 0) is 38.6 Å². The molecule has 0 saturated carbocycles. The summed E-state index contributed by atoms with van der Waals surface area (Å²) < 4.78 is 10.5. The first kappa shape index (κ1) is 31.8. The molecule has 1 heterocycles. The highest BCUT2D eigenvalue weighted by atomic mass is 16.5. The molecule has 1 aromatic heterocycles. The molecule has 222 valence electrons. The Morgan fingerprint density at radius 3 is 2.19 bits per heavy atom. The molecule has 2 unspecified atom stereocenters. The number of hydrogen-bond donors (Lipinski definition) is 3.